The zero-order valence-corrected chi connectivity index (χ0v) is 10.2. The molecule has 0 radical (unpaired) electrons. The van der Waals surface area contributed by atoms with Crippen LogP contribution >= 0.6 is 11.6 Å². The molecule has 0 amide bonds. The first-order valence-electron chi connectivity index (χ1n) is 5.77. The zero-order chi connectivity index (χ0) is 11.5. The minimum absolute atomic E-state index is 0.488. The third-order valence-electron chi connectivity index (χ3n) is 3.14. The lowest BCUT2D eigenvalue weighted by Crippen LogP contribution is -2.19. The van der Waals surface area contributed by atoms with E-state index in [0.717, 1.165) is 17.9 Å². The number of hydrogen-bond donors (Lipinski definition) is 1. The molecule has 1 aromatic carbocycles. The quantitative estimate of drug-likeness (QED) is 0.872. The number of aliphatic hydroxyl groups excluding tert-OH is 1. The van der Waals surface area contributed by atoms with Crippen molar-refractivity contribution in [3.63, 3.8) is 0 Å². The maximum Gasteiger partial charge on any atom is 0.137 e. The highest BCUT2D eigenvalue weighted by molar-refractivity contribution is 6.32. The first kappa shape index (κ1) is 11.7. The fraction of sp³-hybridized carbons (Fsp3) is 0.538. The molecule has 2 nitrogen and oxygen atoms in total. The summed E-state index contributed by atoms with van der Waals surface area (Å²) in [4.78, 5) is 0. The normalized spacial score (nSPS) is 17.9. The fourth-order valence-electron chi connectivity index (χ4n) is 1.76. The van der Waals surface area contributed by atoms with Crippen molar-refractivity contribution < 1.29 is 9.84 Å². The lowest BCUT2D eigenvalue weighted by Gasteiger charge is -2.25. The van der Waals surface area contributed by atoms with Crippen LogP contribution in [-0.2, 0) is 0 Å². The van der Waals surface area contributed by atoms with E-state index in [4.69, 9.17) is 16.3 Å². The predicted molar refractivity (Wildman–Crippen MR) is 64.9 cm³/mol. The second kappa shape index (κ2) is 5.07. The average Bonchev–Trinajstić information content (AvgIpc) is 2.17. The lowest BCUT2D eigenvalue weighted by atomic mass is 9.86. The van der Waals surface area contributed by atoms with Crippen molar-refractivity contribution >= 4 is 11.6 Å². The molecule has 1 saturated carbocycles. The van der Waals surface area contributed by atoms with Crippen molar-refractivity contribution in [2.75, 3.05) is 6.61 Å². The molecule has 0 aromatic heterocycles. The third kappa shape index (κ3) is 2.69. The molecule has 88 valence electrons. The summed E-state index contributed by atoms with van der Waals surface area (Å²) in [5, 5.41) is 9.99. The minimum atomic E-state index is -0.488. The number of rotatable bonds is 4. The molecule has 0 bridgehead atoms. The summed E-state index contributed by atoms with van der Waals surface area (Å²) in [6.45, 7) is 2.48. The minimum Gasteiger partial charge on any atom is -0.492 e. The summed E-state index contributed by atoms with van der Waals surface area (Å²) in [6, 6.07) is 5.46. The number of hydrogen-bond acceptors (Lipinski definition) is 2. The van der Waals surface area contributed by atoms with E-state index in [-0.39, 0.29) is 0 Å². The standard InChI is InChI=1S/C13H17ClO2/c1-9(15)11-5-6-13(12(14)7-11)16-8-10-3-2-4-10/h5-7,9-10,15H,2-4,8H2,1H3/t9-/m0/s1. The van der Waals surface area contributed by atoms with Crippen molar-refractivity contribution in [3.05, 3.63) is 28.8 Å². The van der Waals surface area contributed by atoms with Crippen molar-refractivity contribution in [1.29, 1.82) is 0 Å². The van der Waals surface area contributed by atoms with Crippen LogP contribution in [0.5, 0.6) is 5.75 Å². The smallest absolute Gasteiger partial charge is 0.137 e. The molecule has 0 aliphatic heterocycles. The van der Waals surface area contributed by atoms with Gasteiger partial charge in [0.1, 0.15) is 5.75 Å². The maximum atomic E-state index is 9.40. The molecule has 0 unspecified atom stereocenters. The summed E-state index contributed by atoms with van der Waals surface area (Å²) in [5.41, 5.74) is 0.820. The van der Waals surface area contributed by atoms with Gasteiger partial charge in [0.25, 0.3) is 0 Å². The predicted octanol–water partition coefficient (Wildman–Crippen LogP) is 3.57. The van der Waals surface area contributed by atoms with E-state index in [1.54, 1.807) is 13.0 Å². The largest absolute Gasteiger partial charge is 0.492 e. The van der Waals surface area contributed by atoms with E-state index in [1.165, 1.54) is 19.3 Å². The van der Waals surface area contributed by atoms with Gasteiger partial charge in [-0.2, -0.15) is 0 Å². The summed E-state index contributed by atoms with van der Waals surface area (Å²) in [5.74, 6) is 1.42. The Morgan fingerprint density at radius 2 is 2.25 bits per heavy atom. The monoisotopic (exact) mass is 240 g/mol. The van der Waals surface area contributed by atoms with Crippen LogP contribution in [0.25, 0.3) is 0 Å². The molecular formula is C13H17ClO2. The first-order valence-corrected chi connectivity index (χ1v) is 6.15. The Kier molecular flexibility index (Phi) is 3.72. The Morgan fingerprint density at radius 3 is 2.75 bits per heavy atom. The van der Waals surface area contributed by atoms with E-state index in [9.17, 15) is 5.11 Å². The van der Waals surface area contributed by atoms with Crippen LogP contribution in [0, 0.1) is 5.92 Å². The van der Waals surface area contributed by atoms with E-state index in [0.29, 0.717) is 10.9 Å². The lowest BCUT2D eigenvalue weighted by molar-refractivity contribution is 0.180. The Morgan fingerprint density at radius 1 is 1.50 bits per heavy atom. The van der Waals surface area contributed by atoms with Crippen molar-refractivity contribution in [2.45, 2.75) is 32.3 Å². The van der Waals surface area contributed by atoms with Crippen LogP contribution in [0.1, 0.15) is 37.9 Å². The molecule has 1 N–H and O–H groups in total. The second-order valence-corrected chi connectivity index (χ2v) is 4.88. The highest BCUT2D eigenvalue weighted by Crippen LogP contribution is 2.31. The molecule has 1 aliphatic carbocycles. The van der Waals surface area contributed by atoms with Crippen LogP contribution in [0.3, 0.4) is 0 Å². The van der Waals surface area contributed by atoms with Gasteiger partial charge in [-0.25, -0.2) is 0 Å². The Bertz CT molecular complexity index is 359. The molecule has 16 heavy (non-hydrogen) atoms. The molecular weight excluding hydrogens is 224 g/mol. The van der Waals surface area contributed by atoms with Gasteiger partial charge in [-0.3, -0.25) is 0 Å². The molecule has 0 spiro atoms. The van der Waals surface area contributed by atoms with E-state index in [1.807, 2.05) is 12.1 Å². The highest BCUT2D eigenvalue weighted by atomic mass is 35.5. The second-order valence-electron chi connectivity index (χ2n) is 4.47. The molecule has 1 atom stereocenters. The van der Waals surface area contributed by atoms with E-state index >= 15 is 0 Å². The highest BCUT2D eigenvalue weighted by Gasteiger charge is 2.18. The van der Waals surface area contributed by atoms with Crippen molar-refractivity contribution in [1.82, 2.24) is 0 Å². The number of ether oxygens (including phenoxy) is 1. The number of aliphatic hydroxyl groups is 1. The molecule has 1 fully saturated rings. The maximum absolute atomic E-state index is 9.40. The van der Waals surface area contributed by atoms with Gasteiger partial charge >= 0.3 is 0 Å². The Labute approximate surface area is 101 Å². The third-order valence-corrected chi connectivity index (χ3v) is 3.43. The van der Waals surface area contributed by atoms with Gasteiger partial charge in [-0.05, 0) is 43.4 Å². The van der Waals surface area contributed by atoms with Crippen LogP contribution in [0.4, 0.5) is 0 Å². The zero-order valence-electron chi connectivity index (χ0n) is 9.45. The molecule has 3 heteroatoms. The topological polar surface area (TPSA) is 29.5 Å². The van der Waals surface area contributed by atoms with Crippen LogP contribution in [0.2, 0.25) is 5.02 Å². The first-order chi connectivity index (χ1) is 7.66. The van der Waals surface area contributed by atoms with E-state index in [2.05, 4.69) is 0 Å². The van der Waals surface area contributed by atoms with Gasteiger partial charge < -0.3 is 9.84 Å². The average molecular weight is 241 g/mol. The van der Waals surface area contributed by atoms with Gasteiger partial charge in [0.2, 0.25) is 0 Å². The van der Waals surface area contributed by atoms with Gasteiger partial charge in [-0.1, -0.05) is 24.1 Å². The number of benzene rings is 1. The molecule has 1 aliphatic rings. The van der Waals surface area contributed by atoms with Gasteiger partial charge in [0.15, 0.2) is 0 Å². The van der Waals surface area contributed by atoms with Gasteiger partial charge in [0.05, 0.1) is 17.7 Å². The Hall–Kier alpha value is -0.730. The van der Waals surface area contributed by atoms with Crippen LogP contribution in [0.15, 0.2) is 18.2 Å². The molecule has 0 saturated heterocycles. The van der Waals surface area contributed by atoms with Crippen LogP contribution < -0.4 is 4.74 Å². The number of halogens is 1. The molecule has 1 aromatic rings. The summed E-state index contributed by atoms with van der Waals surface area (Å²) in [7, 11) is 0. The van der Waals surface area contributed by atoms with Gasteiger partial charge in [-0.15, -0.1) is 0 Å². The summed E-state index contributed by atoms with van der Waals surface area (Å²) in [6.07, 6.45) is 3.37. The van der Waals surface area contributed by atoms with Crippen LogP contribution in [-0.4, -0.2) is 11.7 Å². The Balaban J connectivity index is 1.98. The van der Waals surface area contributed by atoms with Crippen molar-refractivity contribution in [2.24, 2.45) is 5.92 Å². The van der Waals surface area contributed by atoms with Gasteiger partial charge in [0, 0.05) is 0 Å². The van der Waals surface area contributed by atoms with E-state index < -0.39 is 6.10 Å². The SMILES string of the molecule is C[C@H](O)c1ccc(OCC2CCC2)c(Cl)c1. The summed E-state index contributed by atoms with van der Waals surface area (Å²) >= 11 is 6.08. The fourth-order valence-corrected chi connectivity index (χ4v) is 2.00. The molecule has 2 rings (SSSR count). The molecule has 0 heterocycles. The summed E-state index contributed by atoms with van der Waals surface area (Å²) < 4.78 is 5.66. The van der Waals surface area contributed by atoms with Crippen molar-refractivity contribution in [3.8, 4) is 5.75 Å².